The van der Waals surface area contributed by atoms with Crippen molar-refractivity contribution in [3.63, 3.8) is 0 Å². The van der Waals surface area contributed by atoms with Gasteiger partial charge in [0.05, 0.1) is 10.9 Å². The van der Waals surface area contributed by atoms with Crippen LogP contribution in [0.2, 0.25) is 5.02 Å². The van der Waals surface area contributed by atoms with E-state index in [1.165, 1.54) is 30.3 Å². The van der Waals surface area contributed by atoms with Gasteiger partial charge in [0.15, 0.2) is 0 Å². The van der Waals surface area contributed by atoms with Gasteiger partial charge >= 0.3 is 5.97 Å². The van der Waals surface area contributed by atoms with Crippen LogP contribution in [0, 0.1) is 17.6 Å². The van der Waals surface area contributed by atoms with Crippen LogP contribution in [0.25, 0.3) is 0 Å². The fourth-order valence-electron chi connectivity index (χ4n) is 3.31. The zero-order valence-electron chi connectivity index (χ0n) is 15.7. The van der Waals surface area contributed by atoms with Crippen molar-refractivity contribution in [3.8, 4) is 0 Å². The summed E-state index contributed by atoms with van der Waals surface area (Å²) in [7, 11) is 0. The molecule has 0 spiro atoms. The SMILES string of the molecule is O=C(O)C1CCCN(CCON=C(c2cccc(F)c2)c2ccc(F)cc2Cl)C1. The van der Waals surface area contributed by atoms with Gasteiger partial charge < -0.3 is 9.94 Å². The Labute approximate surface area is 172 Å². The molecule has 1 saturated heterocycles. The monoisotopic (exact) mass is 422 g/mol. The summed E-state index contributed by atoms with van der Waals surface area (Å²) >= 11 is 6.16. The molecule has 0 saturated carbocycles. The number of benzene rings is 2. The average molecular weight is 423 g/mol. The maximum atomic E-state index is 13.7. The molecule has 1 aliphatic rings. The number of piperidine rings is 1. The molecule has 154 valence electrons. The highest BCUT2D eigenvalue weighted by Gasteiger charge is 2.25. The van der Waals surface area contributed by atoms with Gasteiger partial charge in [-0.3, -0.25) is 9.69 Å². The van der Waals surface area contributed by atoms with Crippen LogP contribution in [-0.4, -0.2) is 47.9 Å². The molecular formula is C21H21ClF2N2O3. The number of oxime groups is 1. The lowest BCUT2D eigenvalue weighted by Crippen LogP contribution is -2.40. The summed E-state index contributed by atoms with van der Waals surface area (Å²) < 4.78 is 27.1. The second kappa shape index (κ2) is 9.80. The number of hydrogen-bond acceptors (Lipinski definition) is 4. The number of hydrogen-bond donors (Lipinski definition) is 1. The Balaban J connectivity index is 1.73. The van der Waals surface area contributed by atoms with Crippen molar-refractivity contribution in [2.45, 2.75) is 12.8 Å². The molecule has 0 aliphatic carbocycles. The standard InChI is InChI=1S/C21H21ClF2N2O3/c22-19-12-17(24)6-7-18(19)20(14-3-1-5-16(23)11-14)25-29-10-9-26-8-2-4-15(13-26)21(27)28/h1,3,5-7,11-12,15H,2,4,8-10,13H2,(H,27,28). The minimum atomic E-state index is -0.784. The Kier molecular flexibility index (Phi) is 7.17. The number of aliphatic carboxylic acids is 1. The Bertz CT molecular complexity index is 907. The summed E-state index contributed by atoms with van der Waals surface area (Å²) in [6.45, 7) is 2.02. The zero-order chi connectivity index (χ0) is 20.8. The molecule has 2 aromatic rings. The van der Waals surface area contributed by atoms with Crippen LogP contribution in [-0.2, 0) is 9.63 Å². The maximum Gasteiger partial charge on any atom is 0.307 e. The Morgan fingerprint density at radius 3 is 2.76 bits per heavy atom. The number of nitrogens with zero attached hydrogens (tertiary/aromatic N) is 2. The molecule has 2 aromatic carbocycles. The van der Waals surface area contributed by atoms with Crippen molar-refractivity contribution < 1.29 is 23.5 Å². The second-order valence-corrected chi connectivity index (χ2v) is 7.29. The highest BCUT2D eigenvalue weighted by Crippen LogP contribution is 2.22. The lowest BCUT2D eigenvalue weighted by Gasteiger charge is -2.29. The van der Waals surface area contributed by atoms with Crippen LogP contribution in [0.3, 0.4) is 0 Å². The van der Waals surface area contributed by atoms with Crippen LogP contribution >= 0.6 is 11.6 Å². The Morgan fingerprint density at radius 2 is 2.03 bits per heavy atom. The van der Waals surface area contributed by atoms with Gasteiger partial charge in [0.1, 0.15) is 24.0 Å². The fourth-order valence-corrected chi connectivity index (χ4v) is 3.57. The summed E-state index contributed by atoms with van der Waals surface area (Å²) in [6.07, 6.45) is 1.50. The molecule has 8 heteroatoms. The second-order valence-electron chi connectivity index (χ2n) is 6.89. The third-order valence-electron chi connectivity index (χ3n) is 4.79. The van der Waals surface area contributed by atoms with Crippen molar-refractivity contribution in [2.75, 3.05) is 26.2 Å². The van der Waals surface area contributed by atoms with E-state index in [1.807, 2.05) is 4.90 Å². The minimum absolute atomic E-state index is 0.136. The Hall–Kier alpha value is -2.51. The van der Waals surface area contributed by atoms with E-state index in [4.69, 9.17) is 16.4 Å². The van der Waals surface area contributed by atoms with E-state index in [2.05, 4.69) is 5.16 Å². The lowest BCUT2D eigenvalue weighted by molar-refractivity contribution is -0.143. The quantitative estimate of drug-likeness (QED) is 0.413. The number of carbonyl (C=O) groups is 1. The average Bonchev–Trinajstić information content (AvgIpc) is 2.69. The first-order valence-corrected chi connectivity index (χ1v) is 9.68. The van der Waals surface area contributed by atoms with Gasteiger partial charge in [0.25, 0.3) is 0 Å². The first-order valence-electron chi connectivity index (χ1n) is 9.30. The molecule has 1 atom stereocenters. The van der Waals surface area contributed by atoms with Gasteiger partial charge in [-0.1, -0.05) is 28.9 Å². The number of halogens is 3. The summed E-state index contributed by atoms with van der Waals surface area (Å²) in [5.74, 6) is -2.08. The molecule has 0 radical (unpaired) electrons. The van der Waals surface area contributed by atoms with E-state index >= 15 is 0 Å². The zero-order valence-corrected chi connectivity index (χ0v) is 16.4. The molecule has 0 aromatic heterocycles. The van der Waals surface area contributed by atoms with Gasteiger partial charge in [-0.05, 0) is 49.7 Å². The molecular weight excluding hydrogens is 402 g/mol. The van der Waals surface area contributed by atoms with Crippen LogP contribution in [0.5, 0.6) is 0 Å². The Morgan fingerprint density at radius 1 is 1.24 bits per heavy atom. The number of rotatable bonds is 7. The summed E-state index contributed by atoms with van der Waals surface area (Å²) in [6, 6.07) is 9.67. The fraction of sp³-hybridized carbons (Fsp3) is 0.333. The van der Waals surface area contributed by atoms with E-state index < -0.39 is 17.6 Å². The van der Waals surface area contributed by atoms with Crippen molar-refractivity contribution in [1.82, 2.24) is 4.90 Å². The molecule has 1 N–H and O–H groups in total. The third kappa shape index (κ3) is 5.74. The first kappa shape index (κ1) is 21.2. The third-order valence-corrected chi connectivity index (χ3v) is 5.11. The molecule has 1 aliphatic heterocycles. The lowest BCUT2D eigenvalue weighted by atomic mass is 9.98. The van der Waals surface area contributed by atoms with Crippen LogP contribution in [0.15, 0.2) is 47.6 Å². The van der Waals surface area contributed by atoms with Crippen molar-refractivity contribution in [2.24, 2.45) is 11.1 Å². The summed E-state index contributed by atoms with van der Waals surface area (Å²) in [4.78, 5) is 18.6. The summed E-state index contributed by atoms with van der Waals surface area (Å²) in [5, 5.41) is 13.4. The van der Waals surface area contributed by atoms with Crippen LogP contribution in [0.1, 0.15) is 24.0 Å². The van der Waals surface area contributed by atoms with E-state index in [0.29, 0.717) is 30.6 Å². The number of carboxylic acids is 1. The van der Waals surface area contributed by atoms with E-state index in [-0.39, 0.29) is 23.3 Å². The van der Waals surface area contributed by atoms with E-state index in [0.717, 1.165) is 19.0 Å². The summed E-state index contributed by atoms with van der Waals surface area (Å²) in [5.41, 5.74) is 1.15. The molecule has 1 fully saturated rings. The molecule has 0 bridgehead atoms. The predicted molar refractivity (Wildman–Crippen MR) is 106 cm³/mol. The topological polar surface area (TPSA) is 62.1 Å². The minimum Gasteiger partial charge on any atom is -0.481 e. The molecule has 29 heavy (non-hydrogen) atoms. The largest absolute Gasteiger partial charge is 0.481 e. The van der Waals surface area contributed by atoms with E-state index in [1.54, 1.807) is 6.07 Å². The highest BCUT2D eigenvalue weighted by molar-refractivity contribution is 6.35. The molecule has 0 amide bonds. The molecule has 3 rings (SSSR count). The highest BCUT2D eigenvalue weighted by atomic mass is 35.5. The van der Waals surface area contributed by atoms with Gasteiger partial charge in [0.2, 0.25) is 0 Å². The van der Waals surface area contributed by atoms with Gasteiger partial charge in [-0.15, -0.1) is 0 Å². The van der Waals surface area contributed by atoms with Gasteiger partial charge in [0, 0.05) is 24.2 Å². The van der Waals surface area contributed by atoms with Gasteiger partial charge in [-0.25, -0.2) is 8.78 Å². The van der Waals surface area contributed by atoms with Crippen molar-refractivity contribution >= 4 is 23.3 Å². The maximum absolute atomic E-state index is 13.7. The van der Waals surface area contributed by atoms with Crippen molar-refractivity contribution in [1.29, 1.82) is 0 Å². The van der Waals surface area contributed by atoms with Crippen LogP contribution < -0.4 is 0 Å². The number of likely N-dealkylation sites (tertiary alicyclic amines) is 1. The molecule has 1 heterocycles. The normalized spacial score (nSPS) is 17.9. The van der Waals surface area contributed by atoms with Gasteiger partial charge in [-0.2, -0.15) is 0 Å². The first-order chi connectivity index (χ1) is 13.9. The molecule has 1 unspecified atom stereocenters. The van der Waals surface area contributed by atoms with E-state index in [9.17, 15) is 18.7 Å². The number of carboxylic acid groups (broad SMARTS) is 1. The van der Waals surface area contributed by atoms with Crippen molar-refractivity contribution in [3.05, 3.63) is 70.2 Å². The smallest absolute Gasteiger partial charge is 0.307 e. The molecule has 5 nitrogen and oxygen atoms in total. The van der Waals surface area contributed by atoms with Crippen LogP contribution in [0.4, 0.5) is 8.78 Å². The predicted octanol–water partition coefficient (Wildman–Crippen LogP) is 4.18.